The highest BCUT2D eigenvalue weighted by atomic mass is 16.5. The highest BCUT2D eigenvalue weighted by Gasteiger charge is 2.08. The van der Waals surface area contributed by atoms with E-state index in [0.717, 1.165) is 12.0 Å². The molecule has 17 heavy (non-hydrogen) atoms. The molecular formula is C12H16N4O. The fourth-order valence-corrected chi connectivity index (χ4v) is 1.58. The monoisotopic (exact) mass is 232 g/mol. The Labute approximate surface area is 100 Å². The molecule has 0 amide bonds. The van der Waals surface area contributed by atoms with Gasteiger partial charge in [-0.15, -0.1) is 0 Å². The Morgan fingerprint density at radius 2 is 2.35 bits per heavy atom. The van der Waals surface area contributed by atoms with Gasteiger partial charge < -0.3 is 10.5 Å². The predicted octanol–water partition coefficient (Wildman–Crippen LogP) is 1.50. The minimum Gasteiger partial charge on any atom is -0.435 e. The van der Waals surface area contributed by atoms with E-state index in [-0.39, 0.29) is 6.04 Å². The number of hydrogen-bond donors (Lipinski definition) is 1. The third-order valence-electron chi connectivity index (χ3n) is 2.29. The second-order valence-corrected chi connectivity index (χ2v) is 4.10. The van der Waals surface area contributed by atoms with Crippen LogP contribution in [0, 0.1) is 0 Å². The summed E-state index contributed by atoms with van der Waals surface area (Å²) in [4.78, 5) is 4.22. The topological polar surface area (TPSA) is 66.0 Å². The van der Waals surface area contributed by atoms with E-state index in [4.69, 9.17) is 10.5 Å². The van der Waals surface area contributed by atoms with Crippen molar-refractivity contribution in [3.05, 3.63) is 36.3 Å². The van der Waals surface area contributed by atoms with E-state index in [2.05, 4.69) is 10.1 Å². The molecule has 0 saturated carbocycles. The Kier molecular flexibility index (Phi) is 3.39. The van der Waals surface area contributed by atoms with Crippen molar-refractivity contribution in [1.29, 1.82) is 0 Å². The van der Waals surface area contributed by atoms with Crippen LogP contribution in [0.5, 0.6) is 11.6 Å². The van der Waals surface area contributed by atoms with Crippen LogP contribution in [0.3, 0.4) is 0 Å². The Hall–Kier alpha value is -1.88. The number of rotatable bonds is 4. The number of hydrogen-bond acceptors (Lipinski definition) is 4. The maximum Gasteiger partial charge on any atom is 0.222 e. The van der Waals surface area contributed by atoms with Crippen LogP contribution in [0.4, 0.5) is 0 Å². The van der Waals surface area contributed by atoms with Gasteiger partial charge in [0.05, 0.1) is 12.4 Å². The molecule has 0 bridgehead atoms. The van der Waals surface area contributed by atoms with E-state index in [1.807, 2.05) is 26.1 Å². The van der Waals surface area contributed by atoms with Crippen molar-refractivity contribution >= 4 is 0 Å². The van der Waals surface area contributed by atoms with Crippen LogP contribution in [-0.2, 0) is 13.5 Å². The normalized spacial score (nSPS) is 12.4. The third kappa shape index (κ3) is 3.04. The lowest BCUT2D eigenvalue weighted by Crippen LogP contribution is -2.18. The summed E-state index contributed by atoms with van der Waals surface area (Å²) in [6.45, 7) is 1.96. The molecule has 5 nitrogen and oxygen atoms in total. The fraction of sp³-hybridized carbons (Fsp3) is 0.333. The molecular weight excluding hydrogens is 216 g/mol. The first kappa shape index (κ1) is 11.6. The summed E-state index contributed by atoms with van der Waals surface area (Å²) >= 11 is 0. The quantitative estimate of drug-likeness (QED) is 0.867. The smallest absolute Gasteiger partial charge is 0.222 e. The van der Waals surface area contributed by atoms with Gasteiger partial charge in [0.15, 0.2) is 5.75 Å². The molecule has 2 N–H and O–H groups in total. The number of nitrogens with two attached hydrogens (primary N) is 1. The zero-order valence-corrected chi connectivity index (χ0v) is 10.00. The molecule has 1 unspecified atom stereocenters. The molecule has 0 aromatic carbocycles. The summed E-state index contributed by atoms with van der Waals surface area (Å²) in [7, 11) is 1.84. The first-order chi connectivity index (χ1) is 8.15. The van der Waals surface area contributed by atoms with Crippen LogP contribution in [0.15, 0.2) is 30.7 Å². The van der Waals surface area contributed by atoms with Crippen molar-refractivity contribution in [1.82, 2.24) is 14.8 Å². The van der Waals surface area contributed by atoms with Crippen molar-refractivity contribution in [3.8, 4) is 11.6 Å². The highest BCUT2D eigenvalue weighted by Crippen LogP contribution is 2.22. The van der Waals surface area contributed by atoms with Crippen molar-refractivity contribution in [3.63, 3.8) is 0 Å². The average molecular weight is 232 g/mol. The Morgan fingerprint density at radius 3 is 3.00 bits per heavy atom. The second kappa shape index (κ2) is 4.97. The first-order valence-electron chi connectivity index (χ1n) is 5.51. The van der Waals surface area contributed by atoms with Crippen LogP contribution >= 0.6 is 0 Å². The summed E-state index contributed by atoms with van der Waals surface area (Å²) in [5.74, 6) is 1.27. The molecule has 2 aromatic heterocycles. The van der Waals surface area contributed by atoms with Gasteiger partial charge in [-0.3, -0.25) is 4.68 Å². The predicted molar refractivity (Wildman–Crippen MR) is 64.9 cm³/mol. The Morgan fingerprint density at radius 1 is 1.53 bits per heavy atom. The zero-order chi connectivity index (χ0) is 12.3. The van der Waals surface area contributed by atoms with Crippen molar-refractivity contribution in [2.24, 2.45) is 12.8 Å². The molecule has 90 valence electrons. The number of aromatic nitrogens is 3. The number of pyridine rings is 1. The van der Waals surface area contributed by atoms with Crippen molar-refractivity contribution in [2.75, 3.05) is 0 Å². The standard InChI is InChI=1S/C12H16N4O/c1-9(13)6-10-4-3-5-14-12(10)17-11-7-15-16(2)8-11/h3-5,7-9H,6,13H2,1-2H3. The van der Waals surface area contributed by atoms with Crippen LogP contribution < -0.4 is 10.5 Å². The lowest BCUT2D eigenvalue weighted by atomic mass is 10.1. The lowest BCUT2D eigenvalue weighted by molar-refractivity contribution is 0.453. The molecule has 0 aliphatic carbocycles. The average Bonchev–Trinajstić information content (AvgIpc) is 2.66. The third-order valence-corrected chi connectivity index (χ3v) is 2.29. The molecule has 0 saturated heterocycles. The van der Waals surface area contributed by atoms with Gasteiger partial charge >= 0.3 is 0 Å². The lowest BCUT2D eigenvalue weighted by Gasteiger charge is -2.09. The minimum atomic E-state index is 0.0791. The van der Waals surface area contributed by atoms with Crippen LogP contribution in [-0.4, -0.2) is 20.8 Å². The summed E-state index contributed by atoms with van der Waals surface area (Å²) in [6.07, 6.45) is 5.90. The summed E-state index contributed by atoms with van der Waals surface area (Å²) in [5, 5.41) is 4.04. The fourth-order valence-electron chi connectivity index (χ4n) is 1.58. The van der Waals surface area contributed by atoms with Crippen LogP contribution in [0.25, 0.3) is 0 Å². The van der Waals surface area contributed by atoms with Crippen molar-refractivity contribution in [2.45, 2.75) is 19.4 Å². The van der Waals surface area contributed by atoms with E-state index in [1.165, 1.54) is 0 Å². The maximum absolute atomic E-state index is 5.79. The molecule has 1 atom stereocenters. The van der Waals surface area contributed by atoms with Gasteiger partial charge in [0.1, 0.15) is 0 Å². The molecule has 0 aliphatic heterocycles. The van der Waals surface area contributed by atoms with Crippen LogP contribution in [0.1, 0.15) is 12.5 Å². The molecule has 0 aliphatic rings. The first-order valence-corrected chi connectivity index (χ1v) is 5.51. The minimum absolute atomic E-state index is 0.0791. The number of ether oxygens (including phenoxy) is 1. The van der Waals surface area contributed by atoms with Gasteiger partial charge in [-0.05, 0) is 19.4 Å². The summed E-state index contributed by atoms with van der Waals surface area (Å²) in [5.41, 5.74) is 6.80. The van der Waals surface area contributed by atoms with Gasteiger partial charge in [0, 0.05) is 24.8 Å². The SMILES string of the molecule is CC(N)Cc1cccnc1Oc1cnn(C)c1. The van der Waals surface area contributed by atoms with E-state index >= 15 is 0 Å². The van der Waals surface area contributed by atoms with Gasteiger partial charge in [-0.2, -0.15) is 5.10 Å². The number of nitrogens with zero attached hydrogens (tertiary/aromatic N) is 3. The Bertz CT molecular complexity index is 493. The van der Waals surface area contributed by atoms with Gasteiger partial charge in [-0.25, -0.2) is 4.98 Å². The molecule has 0 radical (unpaired) electrons. The Balaban J connectivity index is 2.20. The molecule has 2 aromatic rings. The van der Waals surface area contributed by atoms with Crippen molar-refractivity contribution < 1.29 is 4.74 Å². The van der Waals surface area contributed by atoms with Gasteiger partial charge in [-0.1, -0.05) is 6.07 Å². The van der Waals surface area contributed by atoms with Gasteiger partial charge in [0.2, 0.25) is 5.88 Å². The summed E-state index contributed by atoms with van der Waals surface area (Å²) < 4.78 is 7.37. The summed E-state index contributed by atoms with van der Waals surface area (Å²) in [6, 6.07) is 3.94. The molecule has 5 heteroatoms. The van der Waals surface area contributed by atoms with E-state index in [9.17, 15) is 0 Å². The maximum atomic E-state index is 5.79. The van der Waals surface area contributed by atoms with E-state index < -0.39 is 0 Å². The van der Waals surface area contributed by atoms with E-state index in [1.54, 1.807) is 23.3 Å². The second-order valence-electron chi connectivity index (χ2n) is 4.10. The molecule has 0 fully saturated rings. The molecule has 0 spiro atoms. The highest BCUT2D eigenvalue weighted by molar-refractivity contribution is 5.30. The molecule has 2 rings (SSSR count). The largest absolute Gasteiger partial charge is 0.435 e. The van der Waals surface area contributed by atoms with E-state index in [0.29, 0.717) is 11.6 Å². The van der Waals surface area contributed by atoms with Crippen LogP contribution in [0.2, 0.25) is 0 Å². The zero-order valence-electron chi connectivity index (χ0n) is 10.00. The molecule has 2 heterocycles. The van der Waals surface area contributed by atoms with Gasteiger partial charge in [0.25, 0.3) is 0 Å². The number of aryl methyl sites for hydroxylation is 1.